The van der Waals surface area contributed by atoms with E-state index in [4.69, 9.17) is 5.73 Å². The molecule has 1 heterocycles. The summed E-state index contributed by atoms with van der Waals surface area (Å²) in [4.78, 5) is 0. The molecule has 2 aliphatic carbocycles. The number of sulfonamides is 1. The van der Waals surface area contributed by atoms with Gasteiger partial charge in [-0.1, -0.05) is 6.42 Å². The SMILES string of the molecule is CN(CC1CC2CCC1C2)S(=O)(=O)c1cc(N)cs1. The number of hydrogen-bond acceptors (Lipinski definition) is 4. The van der Waals surface area contributed by atoms with Crippen LogP contribution in [-0.2, 0) is 10.0 Å². The first kappa shape index (κ1) is 13.4. The largest absolute Gasteiger partial charge is 0.398 e. The average Bonchev–Trinajstić information content (AvgIpc) is 3.04. The molecule has 0 radical (unpaired) electrons. The van der Waals surface area contributed by atoms with Gasteiger partial charge in [-0.15, -0.1) is 11.3 Å². The minimum absolute atomic E-state index is 0.357. The fraction of sp³-hybridized carbons (Fsp3) is 0.692. The van der Waals surface area contributed by atoms with Crippen LogP contribution in [0.25, 0.3) is 0 Å². The Labute approximate surface area is 118 Å². The normalized spacial score (nSPS) is 30.3. The molecule has 3 atom stereocenters. The van der Waals surface area contributed by atoms with Crippen molar-refractivity contribution in [2.24, 2.45) is 17.8 Å². The zero-order chi connectivity index (χ0) is 13.6. The Morgan fingerprint density at radius 3 is 2.74 bits per heavy atom. The molecule has 3 unspecified atom stereocenters. The van der Waals surface area contributed by atoms with Crippen LogP contribution in [0.2, 0.25) is 0 Å². The zero-order valence-electron chi connectivity index (χ0n) is 11.1. The average molecular weight is 300 g/mol. The summed E-state index contributed by atoms with van der Waals surface area (Å²) in [6, 6.07) is 1.55. The van der Waals surface area contributed by atoms with E-state index in [9.17, 15) is 8.42 Å². The van der Waals surface area contributed by atoms with Crippen LogP contribution in [0.15, 0.2) is 15.7 Å². The van der Waals surface area contributed by atoms with E-state index in [0.29, 0.717) is 22.4 Å². The molecule has 6 heteroatoms. The molecule has 2 saturated carbocycles. The van der Waals surface area contributed by atoms with Gasteiger partial charge in [0.2, 0.25) is 0 Å². The molecule has 0 spiro atoms. The number of nitrogen functional groups attached to an aromatic ring is 1. The van der Waals surface area contributed by atoms with E-state index in [0.717, 1.165) is 11.8 Å². The third-order valence-electron chi connectivity index (χ3n) is 4.64. The lowest BCUT2D eigenvalue weighted by Crippen LogP contribution is -2.33. The second kappa shape index (κ2) is 4.75. The summed E-state index contributed by atoms with van der Waals surface area (Å²) in [6.45, 7) is 0.654. The van der Waals surface area contributed by atoms with Gasteiger partial charge >= 0.3 is 0 Å². The number of rotatable bonds is 4. The van der Waals surface area contributed by atoms with Crippen LogP contribution in [0.5, 0.6) is 0 Å². The van der Waals surface area contributed by atoms with E-state index in [2.05, 4.69) is 0 Å². The molecule has 1 aromatic rings. The van der Waals surface area contributed by atoms with Gasteiger partial charge in [0.05, 0.1) is 0 Å². The summed E-state index contributed by atoms with van der Waals surface area (Å²) in [7, 11) is -1.66. The van der Waals surface area contributed by atoms with Crippen molar-refractivity contribution >= 4 is 27.0 Å². The Morgan fingerprint density at radius 1 is 1.42 bits per heavy atom. The third kappa shape index (κ3) is 2.41. The monoisotopic (exact) mass is 300 g/mol. The van der Waals surface area contributed by atoms with Crippen molar-refractivity contribution in [2.45, 2.75) is 29.9 Å². The highest BCUT2D eigenvalue weighted by molar-refractivity contribution is 7.91. The Bertz CT molecular complexity index is 567. The predicted octanol–water partition coefficient (Wildman–Crippen LogP) is 2.39. The van der Waals surface area contributed by atoms with Crippen molar-refractivity contribution in [1.82, 2.24) is 4.31 Å². The fourth-order valence-corrected chi connectivity index (χ4v) is 6.16. The molecular weight excluding hydrogens is 280 g/mol. The molecule has 4 nitrogen and oxygen atoms in total. The summed E-state index contributed by atoms with van der Waals surface area (Å²) >= 11 is 1.20. The van der Waals surface area contributed by atoms with Crippen molar-refractivity contribution in [3.63, 3.8) is 0 Å². The number of thiophene rings is 1. The molecule has 0 saturated heterocycles. The third-order valence-corrected chi connectivity index (χ3v) is 7.89. The summed E-state index contributed by atoms with van der Waals surface area (Å²) in [5.74, 6) is 2.15. The first-order chi connectivity index (χ1) is 8.96. The van der Waals surface area contributed by atoms with Gasteiger partial charge in [-0.2, -0.15) is 4.31 Å². The van der Waals surface area contributed by atoms with Crippen LogP contribution < -0.4 is 5.73 Å². The van der Waals surface area contributed by atoms with Crippen LogP contribution in [0.1, 0.15) is 25.7 Å². The number of fused-ring (bicyclic) bond motifs is 2. The first-order valence-electron chi connectivity index (χ1n) is 6.77. The summed E-state index contributed by atoms with van der Waals surface area (Å²) < 4.78 is 26.7. The van der Waals surface area contributed by atoms with E-state index in [1.165, 1.54) is 41.3 Å². The molecule has 0 amide bonds. The van der Waals surface area contributed by atoms with Crippen LogP contribution >= 0.6 is 11.3 Å². The first-order valence-corrected chi connectivity index (χ1v) is 9.09. The van der Waals surface area contributed by atoms with Crippen LogP contribution in [0, 0.1) is 17.8 Å². The van der Waals surface area contributed by atoms with Gasteiger partial charge in [0.15, 0.2) is 0 Å². The number of hydrogen-bond donors (Lipinski definition) is 1. The molecular formula is C13H20N2O2S2. The van der Waals surface area contributed by atoms with Crippen LogP contribution in [0.4, 0.5) is 5.69 Å². The zero-order valence-corrected chi connectivity index (χ0v) is 12.7. The van der Waals surface area contributed by atoms with E-state index >= 15 is 0 Å². The summed E-state index contributed by atoms with van der Waals surface area (Å²) in [5.41, 5.74) is 6.14. The maximum Gasteiger partial charge on any atom is 0.252 e. The quantitative estimate of drug-likeness (QED) is 0.928. The van der Waals surface area contributed by atoms with Crippen LogP contribution in [-0.4, -0.2) is 26.3 Å². The van der Waals surface area contributed by atoms with Crippen molar-refractivity contribution in [1.29, 1.82) is 0 Å². The number of nitrogens with zero attached hydrogens (tertiary/aromatic N) is 1. The lowest BCUT2D eigenvalue weighted by molar-refractivity contribution is 0.280. The van der Waals surface area contributed by atoms with Crippen molar-refractivity contribution in [2.75, 3.05) is 19.3 Å². The molecule has 106 valence electrons. The van der Waals surface area contributed by atoms with Crippen molar-refractivity contribution in [3.05, 3.63) is 11.4 Å². The Morgan fingerprint density at radius 2 is 2.21 bits per heavy atom. The lowest BCUT2D eigenvalue weighted by Gasteiger charge is -2.26. The van der Waals surface area contributed by atoms with Crippen molar-refractivity contribution < 1.29 is 8.42 Å². The minimum Gasteiger partial charge on any atom is -0.398 e. The van der Waals surface area contributed by atoms with Gasteiger partial charge < -0.3 is 5.73 Å². The van der Waals surface area contributed by atoms with Gasteiger partial charge in [0.1, 0.15) is 4.21 Å². The highest BCUT2D eigenvalue weighted by atomic mass is 32.2. The topological polar surface area (TPSA) is 63.4 Å². The Kier molecular flexibility index (Phi) is 3.35. The molecule has 0 aliphatic heterocycles. The maximum atomic E-state index is 12.4. The predicted molar refractivity (Wildman–Crippen MR) is 77.5 cm³/mol. The van der Waals surface area contributed by atoms with E-state index in [1.807, 2.05) is 0 Å². The van der Waals surface area contributed by atoms with Gasteiger partial charge in [-0.05, 0) is 43.1 Å². The molecule has 2 bridgehead atoms. The molecule has 3 rings (SSSR count). The van der Waals surface area contributed by atoms with Gasteiger partial charge in [0.25, 0.3) is 10.0 Å². The van der Waals surface area contributed by atoms with Gasteiger partial charge in [-0.3, -0.25) is 0 Å². The molecule has 0 aromatic carbocycles. The molecule has 2 aliphatic rings. The highest BCUT2D eigenvalue weighted by Gasteiger charge is 2.41. The Hall–Kier alpha value is -0.590. The van der Waals surface area contributed by atoms with E-state index < -0.39 is 10.0 Å². The standard InChI is InChI=1S/C13H20N2O2S2/c1-15(7-11-5-9-2-3-10(11)4-9)19(16,17)13-6-12(14)8-18-13/h6,8-11H,2-5,7,14H2,1H3. The van der Waals surface area contributed by atoms with Gasteiger partial charge in [0, 0.05) is 24.7 Å². The summed E-state index contributed by atoms with van der Waals surface area (Å²) in [6.07, 6.45) is 5.15. The molecule has 19 heavy (non-hydrogen) atoms. The Balaban J connectivity index is 1.71. The molecule has 2 fully saturated rings. The number of anilines is 1. The smallest absolute Gasteiger partial charge is 0.252 e. The minimum atomic E-state index is -3.35. The number of nitrogens with two attached hydrogens (primary N) is 1. The maximum absolute atomic E-state index is 12.4. The molecule has 2 N–H and O–H groups in total. The summed E-state index contributed by atoms with van der Waals surface area (Å²) in [5, 5.41) is 1.68. The van der Waals surface area contributed by atoms with E-state index in [-0.39, 0.29) is 0 Å². The second-order valence-corrected chi connectivity index (χ2v) is 9.10. The van der Waals surface area contributed by atoms with Crippen LogP contribution in [0.3, 0.4) is 0 Å². The fourth-order valence-electron chi connectivity index (χ4n) is 3.65. The van der Waals surface area contributed by atoms with Crippen molar-refractivity contribution in [3.8, 4) is 0 Å². The van der Waals surface area contributed by atoms with E-state index in [1.54, 1.807) is 18.5 Å². The van der Waals surface area contributed by atoms with Gasteiger partial charge in [-0.25, -0.2) is 8.42 Å². The molecule has 1 aromatic heterocycles. The lowest BCUT2D eigenvalue weighted by atomic mass is 9.89. The highest BCUT2D eigenvalue weighted by Crippen LogP contribution is 2.48. The second-order valence-electron chi connectivity index (χ2n) is 5.92.